The molecular formula is C8H5ClN2O4S2. The number of primary amides is 1. The summed E-state index contributed by atoms with van der Waals surface area (Å²) in [6, 6.07) is 4.14. The number of nitrogens with two attached hydrogens (primary N) is 1. The Bertz CT molecular complexity index is 695. The summed E-state index contributed by atoms with van der Waals surface area (Å²) in [6.45, 7) is 0. The maximum atomic E-state index is 11.1. The van der Waals surface area contributed by atoms with E-state index in [9.17, 15) is 13.2 Å². The Morgan fingerprint density at radius 1 is 1.47 bits per heavy atom. The molecule has 1 aromatic carbocycles. The topological polar surface area (TPSA) is 99.3 Å². The second kappa shape index (κ2) is 4.13. The predicted octanol–water partition coefficient (Wildman–Crippen LogP) is 1.68. The number of carbonyl (C=O) groups is 1. The van der Waals surface area contributed by atoms with Gasteiger partial charge in [-0.2, -0.15) is 0 Å². The molecule has 2 rings (SSSR count). The Hall–Kier alpha value is -1.38. The molecule has 0 atom stereocenters. The van der Waals surface area contributed by atoms with Crippen molar-refractivity contribution in [2.45, 2.75) is 4.90 Å². The molecule has 0 fully saturated rings. The second-order valence-corrected chi connectivity index (χ2v) is 6.53. The first-order valence-electron chi connectivity index (χ1n) is 4.19. The number of aromatic nitrogens is 1. The normalized spacial score (nSPS) is 11.6. The van der Waals surface area contributed by atoms with Crippen LogP contribution in [-0.2, 0) is 9.05 Å². The van der Waals surface area contributed by atoms with Gasteiger partial charge in [-0.15, -0.1) is 0 Å². The SMILES string of the molecule is NC(=O)Oc1nc2ccc(S(=O)(=O)Cl)cc2s1. The first kappa shape index (κ1) is 12.1. The van der Waals surface area contributed by atoms with Crippen molar-refractivity contribution in [2.24, 2.45) is 5.73 Å². The molecule has 6 nitrogen and oxygen atoms in total. The molecule has 0 aliphatic heterocycles. The molecular weight excluding hydrogens is 288 g/mol. The van der Waals surface area contributed by atoms with Gasteiger partial charge in [-0.3, -0.25) is 0 Å². The van der Waals surface area contributed by atoms with Crippen molar-refractivity contribution >= 4 is 47.4 Å². The Labute approximate surface area is 104 Å². The van der Waals surface area contributed by atoms with Gasteiger partial charge in [0.15, 0.2) is 0 Å². The van der Waals surface area contributed by atoms with Crippen LogP contribution in [0.15, 0.2) is 23.1 Å². The number of fused-ring (bicyclic) bond motifs is 1. The van der Waals surface area contributed by atoms with Crippen molar-refractivity contribution in [3.05, 3.63) is 18.2 Å². The lowest BCUT2D eigenvalue weighted by Crippen LogP contribution is -2.15. The molecule has 1 amide bonds. The Kier molecular flexibility index (Phi) is 2.94. The van der Waals surface area contributed by atoms with Crippen LogP contribution in [0.2, 0.25) is 0 Å². The van der Waals surface area contributed by atoms with Crippen molar-refractivity contribution in [3.63, 3.8) is 0 Å². The maximum Gasteiger partial charge on any atom is 0.411 e. The fraction of sp³-hybridized carbons (Fsp3) is 0. The average molecular weight is 293 g/mol. The standard InChI is InChI=1S/C8H5ClN2O4S2/c9-17(13,14)4-1-2-5-6(3-4)16-8(11-5)15-7(10)12/h1-3H,(H2,10,12). The molecule has 0 saturated carbocycles. The van der Waals surface area contributed by atoms with Gasteiger partial charge in [-0.25, -0.2) is 18.2 Å². The van der Waals surface area contributed by atoms with Gasteiger partial charge in [0.1, 0.15) is 0 Å². The summed E-state index contributed by atoms with van der Waals surface area (Å²) >= 11 is 0.999. The number of hydrogen-bond donors (Lipinski definition) is 1. The van der Waals surface area contributed by atoms with Crippen LogP contribution in [0, 0.1) is 0 Å². The number of ether oxygens (including phenoxy) is 1. The lowest BCUT2D eigenvalue weighted by molar-refractivity contribution is 0.211. The third-order valence-corrected chi connectivity index (χ3v) is 4.06. The molecule has 0 radical (unpaired) electrons. The third kappa shape index (κ3) is 2.65. The van der Waals surface area contributed by atoms with Crippen molar-refractivity contribution in [1.29, 1.82) is 0 Å². The van der Waals surface area contributed by atoms with E-state index in [2.05, 4.69) is 9.72 Å². The minimum absolute atomic E-state index is 0.0408. The highest BCUT2D eigenvalue weighted by molar-refractivity contribution is 8.13. The van der Waals surface area contributed by atoms with E-state index >= 15 is 0 Å². The first-order valence-corrected chi connectivity index (χ1v) is 7.31. The molecule has 2 N–H and O–H groups in total. The van der Waals surface area contributed by atoms with Gasteiger partial charge in [0, 0.05) is 10.7 Å². The highest BCUT2D eigenvalue weighted by Gasteiger charge is 2.13. The van der Waals surface area contributed by atoms with Crippen LogP contribution in [-0.4, -0.2) is 19.5 Å². The number of thiazole rings is 1. The zero-order valence-corrected chi connectivity index (χ0v) is 10.5. The Balaban J connectivity index is 2.52. The molecule has 1 aromatic heterocycles. The number of carbonyl (C=O) groups excluding carboxylic acids is 1. The first-order chi connectivity index (χ1) is 7.86. The molecule has 0 unspecified atom stereocenters. The molecule has 90 valence electrons. The van der Waals surface area contributed by atoms with E-state index in [1.165, 1.54) is 18.2 Å². The monoisotopic (exact) mass is 292 g/mol. The van der Waals surface area contributed by atoms with Crippen LogP contribution in [0.25, 0.3) is 10.2 Å². The highest BCUT2D eigenvalue weighted by Crippen LogP contribution is 2.30. The van der Waals surface area contributed by atoms with E-state index in [1.807, 2.05) is 0 Å². The van der Waals surface area contributed by atoms with E-state index in [4.69, 9.17) is 16.4 Å². The minimum atomic E-state index is -3.79. The predicted molar refractivity (Wildman–Crippen MR) is 62.9 cm³/mol. The average Bonchev–Trinajstić information content (AvgIpc) is 2.55. The Morgan fingerprint density at radius 2 is 2.18 bits per heavy atom. The van der Waals surface area contributed by atoms with Crippen molar-refractivity contribution in [2.75, 3.05) is 0 Å². The molecule has 0 bridgehead atoms. The molecule has 0 saturated heterocycles. The molecule has 1 heterocycles. The van der Waals surface area contributed by atoms with Crippen molar-refractivity contribution in [1.82, 2.24) is 4.98 Å². The van der Waals surface area contributed by atoms with E-state index in [-0.39, 0.29) is 10.1 Å². The van der Waals surface area contributed by atoms with Crippen LogP contribution >= 0.6 is 22.0 Å². The maximum absolute atomic E-state index is 11.1. The molecule has 0 aliphatic rings. The summed E-state index contributed by atoms with van der Waals surface area (Å²) in [4.78, 5) is 14.4. The third-order valence-electron chi connectivity index (χ3n) is 1.81. The number of amides is 1. The minimum Gasteiger partial charge on any atom is -0.381 e. The van der Waals surface area contributed by atoms with Crippen LogP contribution in [0.5, 0.6) is 5.19 Å². The largest absolute Gasteiger partial charge is 0.411 e. The zero-order chi connectivity index (χ0) is 12.6. The molecule has 0 spiro atoms. The van der Waals surface area contributed by atoms with Gasteiger partial charge in [-0.05, 0) is 18.2 Å². The molecule has 2 aromatic rings. The smallest absolute Gasteiger partial charge is 0.381 e. The summed E-state index contributed by atoms with van der Waals surface area (Å²) in [5, 5.41) is 0.0524. The van der Waals surface area contributed by atoms with Crippen LogP contribution in [0.4, 0.5) is 4.79 Å². The summed E-state index contributed by atoms with van der Waals surface area (Å²) in [7, 11) is 1.41. The lowest BCUT2D eigenvalue weighted by atomic mass is 10.3. The Morgan fingerprint density at radius 3 is 2.76 bits per heavy atom. The summed E-state index contributed by atoms with van der Waals surface area (Å²) < 4.78 is 27.3. The summed E-state index contributed by atoms with van der Waals surface area (Å²) in [6.07, 6.45) is -0.978. The number of hydrogen-bond acceptors (Lipinski definition) is 6. The van der Waals surface area contributed by atoms with E-state index in [1.54, 1.807) is 0 Å². The lowest BCUT2D eigenvalue weighted by Gasteiger charge is -1.93. The van der Waals surface area contributed by atoms with Gasteiger partial charge < -0.3 is 10.5 Å². The van der Waals surface area contributed by atoms with E-state index in [0.717, 1.165) is 11.3 Å². The second-order valence-electron chi connectivity index (χ2n) is 2.97. The van der Waals surface area contributed by atoms with Crippen molar-refractivity contribution < 1.29 is 17.9 Å². The van der Waals surface area contributed by atoms with Gasteiger partial charge >= 0.3 is 6.09 Å². The molecule has 9 heteroatoms. The quantitative estimate of drug-likeness (QED) is 0.849. The van der Waals surface area contributed by atoms with Crippen LogP contribution in [0.1, 0.15) is 0 Å². The molecule has 17 heavy (non-hydrogen) atoms. The van der Waals surface area contributed by atoms with Gasteiger partial charge in [0.05, 0.1) is 15.1 Å². The van der Waals surface area contributed by atoms with E-state index in [0.29, 0.717) is 10.2 Å². The number of halogens is 1. The van der Waals surface area contributed by atoms with Gasteiger partial charge in [-0.1, -0.05) is 11.3 Å². The van der Waals surface area contributed by atoms with Gasteiger partial charge in [0.25, 0.3) is 14.2 Å². The fourth-order valence-electron chi connectivity index (χ4n) is 1.17. The van der Waals surface area contributed by atoms with Crippen molar-refractivity contribution in [3.8, 4) is 5.19 Å². The number of nitrogens with zero attached hydrogens (tertiary/aromatic N) is 1. The molecule has 0 aliphatic carbocycles. The zero-order valence-electron chi connectivity index (χ0n) is 8.08. The number of rotatable bonds is 2. The number of benzene rings is 1. The fourth-order valence-corrected chi connectivity index (χ4v) is 2.88. The summed E-state index contributed by atoms with van der Waals surface area (Å²) in [5.74, 6) is 0. The van der Waals surface area contributed by atoms with Crippen LogP contribution < -0.4 is 10.5 Å². The highest BCUT2D eigenvalue weighted by atomic mass is 35.7. The van der Waals surface area contributed by atoms with Crippen LogP contribution in [0.3, 0.4) is 0 Å². The van der Waals surface area contributed by atoms with E-state index < -0.39 is 15.1 Å². The van der Waals surface area contributed by atoms with Gasteiger partial charge in [0.2, 0.25) is 0 Å². The summed E-state index contributed by atoms with van der Waals surface area (Å²) in [5.41, 5.74) is 5.33.